The number of hydrogen-bond donors (Lipinski definition) is 4. The lowest BCUT2D eigenvalue weighted by Gasteiger charge is -2.19. The van der Waals surface area contributed by atoms with Crippen LogP contribution in [0.25, 0.3) is 16.9 Å². The number of anilines is 2. The van der Waals surface area contributed by atoms with Crippen molar-refractivity contribution in [2.75, 3.05) is 38.6 Å². The van der Waals surface area contributed by atoms with E-state index < -0.39 is 23.3 Å². The second-order valence-electron chi connectivity index (χ2n) is 12.3. The zero-order valence-corrected chi connectivity index (χ0v) is 28.2. The molecule has 4 N–H and O–H groups in total. The van der Waals surface area contributed by atoms with Gasteiger partial charge in [0.2, 0.25) is 5.82 Å². The Balaban J connectivity index is 1.24. The number of benzene rings is 2. The van der Waals surface area contributed by atoms with Crippen molar-refractivity contribution in [1.82, 2.24) is 30.3 Å². The molecule has 48 heavy (non-hydrogen) atoms. The van der Waals surface area contributed by atoms with Crippen LogP contribution in [0.4, 0.5) is 25.1 Å². The Bertz CT molecular complexity index is 1700. The Labute approximate surface area is 279 Å². The number of ether oxygens (including phenoxy) is 2. The molecular formula is C35H45F2N7O4. The van der Waals surface area contributed by atoms with Gasteiger partial charge in [0.15, 0.2) is 23.0 Å². The van der Waals surface area contributed by atoms with Crippen LogP contribution in [0.2, 0.25) is 0 Å². The molecule has 0 saturated carbocycles. The first-order valence-corrected chi connectivity index (χ1v) is 16.2. The number of aryl methyl sites for hydroxylation is 1. The van der Waals surface area contributed by atoms with E-state index in [1.165, 1.54) is 25.4 Å². The number of alkyl carbamates (subject to hydrolysis) is 1. The van der Waals surface area contributed by atoms with Crippen LogP contribution in [0.15, 0.2) is 48.9 Å². The van der Waals surface area contributed by atoms with Crippen molar-refractivity contribution in [2.45, 2.75) is 65.4 Å². The molecule has 0 bridgehead atoms. The van der Waals surface area contributed by atoms with Gasteiger partial charge in [-0.3, -0.25) is 9.20 Å². The van der Waals surface area contributed by atoms with Gasteiger partial charge in [0.1, 0.15) is 5.60 Å². The maximum atomic E-state index is 14.8. The van der Waals surface area contributed by atoms with Gasteiger partial charge in [-0.15, -0.1) is 0 Å². The number of nitrogens with zero attached hydrogens (tertiary/aromatic N) is 3. The summed E-state index contributed by atoms with van der Waals surface area (Å²) in [5, 5.41) is 12.4. The number of hydrogen-bond acceptors (Lipinski definition) is 8. The van der Waals surface area contributed by atoms with Gasteiger partial charge in [-0.05, 0) is 95.4 Å². The standard InChI is InChI=1S/C35H45F2N7O4/c1-6-23-21-24(43-31-32-42-22-27(44(32)20-19-39-31)26-13-14-28(47-5)30(37)29(26)36)11-12-25(23)33(45)40-17-9-7-8-15-38-16-10-18-41-34(46)48-35(2,3)4/h11-14,19-22,38H,6-10,15-18H2,1-5H3,(H,39,43)(H,40,45)(H,41,46). The van der Waals surface area contributed by atoms with E-state index in [1.54, 1.807) is 28.9 Å². The average molecular weight is 666 g/mol. The summed E-state index contributed by atoms with van der Waals surface area (Å²) in [6.45, 7) is 10.3. The Morgan fingerprint density at radius 1 is 0.917 bits per heavy atom. The summed E-state index contributed by atoms with van der Waals surface area (Å²) in [6, 6.07) is 8.30. The second-order valence-corrected chi connectivity index (χ2v) is 12.3. The van der Waals surface area contributed by atoms with Crippen molar-refractivity contribution in [3.63, 3.8) is 0 Å². The highest BCUT2D eigenvalue weighted by atomic mass is 19.2. The number of unbranched alkanes of at least 4 members (excludes halogenated alkanes) is 2. The number of carbonyl (C=O) groups excluding carboxylic acids is 2. The van der Waals surface area contributed by atoms with Crippen molar-refractivity contribution in [3.8, 4) is 17.0 Å². The Morgan fingerprint density at radius 2 is 1.67 bits per heavy atom. The molecule has 0 spiro atoms. The number of fused-ring (bicyclic) bond motifs is 1. The number of rotatable bonds is 16. The monoisotopic (exact) mass is 665 g/mol. The molecule has 0 atom stereocenters. The minimum atomic E-state index is -1.07. The fourth-order valence-electron chi connectivity index (χ4n) is 5.11. The van der Waals surface area contributed by atoms with Crippen LogP contribution >= 0.6 is 0 Å². The number of amides is 2. The molecule has 2 amide bonds. The minimum Gasteiger partial charge on any atom is -0.494 e. The molecule has 0 aliphatic carbocycles. The largest absolute Gasteiger partial charge is 0.494 e. The fourth-order valence-corrected chi connectivity index (χ4v) is 5.11. The highest BCUT2D eigenvalue weighted by Crippen LogP contribution is 2.31. The van der Waals surface area contributed by atoms with Crippen molar-refractivity contribution in [1.29, 1.82) is 0 Å². The van der Waals surface area contributed by atoms with Crippen LogP contribution in [0.3, 0.4) is 0 Å². The van der Waals surface area contributed by atoms with Gasteiger partial charge < -0.3 is 30.7 Å². The zero-order valence-electron chi connectivity index (χ0n) is 28.2. The maximum Gasteiger partial charge on any atom is 0.407 e. The molecule has 2 aromatic heterocycles. The minimum absolute atomic E-state index is 0.0415. The van der Waals surface area contributed by atoms with Crippen molar-refractivity contribution >= 4 is 29.2 Å². The van der Waals surface area contributed by atoms with E-state index in [0.717, 1.165) is 44.3 Å². The second kappa shape index (κ2) is 16.9. The summed E-state index contributed by atoms with van der Waals surface area (Å²) < 4.78 is 41.0. The van der Waals surface area contributed by atoms with E-state index in [-0.39, 0.29) is 17.2 Å². The number of halogens is 2. The van der Waals surface area contributed by atoms with Crippen LogP contribution < -0.4 is 26.0 Å². The molecule has 0 saturated heterocycles. The smallest absolute Gasteiger partial charge is 0.407 e. The van der Waals surface area contributed by atoms with Gasteiger partial charge >= 0.3 is 6.09 Å². The normalized spacial score (nSPS) is 11.4. The van der Waals surface area contributed by atoms with E-state index in [0.29, 0.717) is 47.9 Å². The van der Waals surface area contributed by atoms with Crippen molar-refractivity contribution in [3.05, 3.63) is 71.7 Å². The molecule has 11 nitrogen and oxygen atoms in total. The van der Waals surface area contributed by atoms with E-state index >= 15 is 0 Å². The van der Waals surface area contributed by atoms with Crippen LogP contribution in [-0.2, 0) is 11.2 Å². The summed E-state index contributed by atoms with van der Waals surface area (Å²) in [7, 11) is 1.28. The molecule has 4 aromatic rings. The lowest BCUT2D eigenvalue weighted by molar-refractivity contribution is 0.0527. The lowest BCUT2D eigenvalue weighted by atomic mass is 10.0. The number of carbonyl (C=O) groups is 2. The molecule has 2 heterocycles. The first kappa shape index (κ1) is 36.1. The van der Waals surface area contributed by atoms with Gasteiger partial charge in [-0.25, -0.2) is 19.2 Å². The lowest BCUT2D eigenvalue weighted by Crippen LogP contribution is -2.34. The fraction of sp³-hybridized carbons (Fsp3) is 0.429. The maximum absolute atomic E-state index is 14.8. The molecule has 2 aromatic carbocycles. The van der Waals surface area contributed by atoms with Crippen LogP contribution in [0.1, 0.15) is 69.3 Å². The van der Waals surface area contributed by atoms with Crippen LogP contribution in [0.5, 0.6) is 5.75 Å². The molecule has 0 aliphatic rings. The van der Waals surface area contributed by atoms with Gasteiger partial charge in [-0.2, -0.15) is 4.39 Å². The third-order valence-corrected chi connectivity index (χ3v) is 7.48. The van der Waals surface area contributed by atoms with Gasteiger partial charge in [0.25, 0.3) is 5.91 Å². The molecular weight excluding hydrogens is 620 g/mol. The van der Waals surface area contributed by atoms with Crippen LogP contribution in [-0.4, -0.2) is 65.3 Å². The van der Waals surface area contributed by atoms with Gasteiger partial charge in [0.05, 0.1) is 19.0 Å². The highest BCUT2D eigenvalue weighted by molar-refractivity contribution is 5.96. The topological polar surface area (TPSA) is 131 Å². The van der Waals surface area contributed by atoms with E-state index in [4.69, 9.17) is 9.47 Å². The number of nitrogens with one attached hydrogen (secondary N) is 4. The van der Waals surface area contributed by atoms with Crippen molar-refractivity contribution < 1.29 is 27.8 Å². The predicted octanol–water partition coefficient (Wildman–Crippen LogP) is 6.39. The molecule has 0 radical (unpaired) electrons. The molecule has 0 fully saturated rings. The summed E-state index contributed by atoms with van der Waals surface area (Å²) >= 11 is 0. The third kappa shape index (κ3) is 9.63. The SMILES string of the molecule is CCc1cc(Nc2nccn3c(-c4ccc(OC)c(F)c4F)cnc23)ccc1C(=O)NCCCCCNCCCNC(=O)OC(C)(C)C. The van der Waals surface area contributed by atoms with Crippen molar-refractivity contribution in [2.24, 2.45) is 0 Å². The van der Waals surface area contributed by atoms with Gasteiger partial charge in [0, 0.05) is 42.3 Å². The summed E-state index contributed by atoms with van der Waals surface area (Å²) in [5.74, 6) is -1.98. The highest BCUT2D eigenvalue weighted by Gasteiger charge is 2.20. The Kier molecular flexibility index (Phi) is 12.7. The number of aromatic nitrogens is 3. The Morgan fingerprint density at radius 3 is 2.42 bits per heavy atom. The van der Waals surface area contributed by atoms with Gasteiger partial charge in [-0.1, -0.05) is 13.3 Å². The molecule has 0 unspecified atom stereocenters. The Hall–Kier alpha value is -4.78. The van der Waals surface area contributed by atoms with E-state index in [9.17, 15) is 18.4 Å². The summed E-state index contributed by atoms with van der Waals surface area (Å²) in [4.78, 5) is 33.5. The molecule has 4 rings (SSSR count). The first-order valence-electron chi connectivity index (χ1n) is 16.2. The summed E-state index contributed by atoms with van der Waals surface area (Å²) in [5.41, 5.74) is 2.51. The molecule has 0 aliphatic heterocycles. The number of imidazole rings is 1. The average Bonchev–Trinajstić information content (AvgIpc) is 3.48. The van der Waals surface area contributed by atoms with Crippen LogP contribution in [0, 0.1) is 11.6 Å². The molecule has 258 valence electrons. The van der Waals surface area contributed by atoms with E-state index in [1.807, 2.05) is 33.8 Å². The third-order valence-electron chi connectivity index (χ3n) is 7.48. The first-order chi connectivity index (χ1) is 23.0. The summed E-state index contributed by atoms with van der Waals surface area (Å²) in [6.07, 6.45) is 8.52. The number of methoxy groups -OCH3 is 1. The molecule has 13 heteroatoms. The predicted molar refractivity (Wildman–Crippen MR) is 182 cm³/mol. The zero-order chi connectivity index (χ0) is 34.7. The quantitative estimate of drug-likeness (QED) is 0.101. The van der Waals surface area contributed by atoms with E-state index in [2.05, 4.69) is 31.2 Å².